The predicted molar refractivity (Wildman–Crippen MR) is 94.0 cm³/mol. The number of aliphatic carboxylic acids is 1. The van der Waals surface area contributed by atoms with E-state index in [1.807, 2.05) is 0 Å². The van der Waals surface area contributed by atoms with Gasteiger partial charge in [0.2, 0.25) is 5.91 Å². The van der Waals surface area contributed by atoms with E-state index in [0.717, 1.165) is 12.3 Å². The van der Waals surface area contributed by atoms with E-state index in [-0.39, 0.29) is 36.9 Å². The summed E-state index contributed by atoms with van der Waals surface area (Å²) in [6.07, 6.45) is 4.19. The molecule has 2 heterocycles. The molecule has 3 rings (SSSR count). The summed E-state index contributed by atoms with van der Waals surface area (Å²) in [5.74, 6) is -2.33. The lowest BCUT2D eigenvalue weighted by atomic mass is 10.1. The fourth-order valence-corrected chi connectivity index (χ4v) is 3.09. The number of nitrogens with zero attached hydrogens (tertiary/aromatic N) is 3. The van der Waals surface area contributed by atoms with Crippen molar-refractivity contribution in [2.75, 3.05) is 18.4 Å². The Morgan fingerprint density at radius 2 is 2.19 bits per heavy atom. The lowest BCUT2D eigenvalue weighted by molar-refractivity contribution is -0.139. The molecule has 2 atom stereocenters. The second kappa shape index (κ2) is 7.64. The largest absolute Gasteiger partial charge is 0.480 e. The Hall–Kier alpha value is -3.11. The Kier molecular flexibility index (Phi) is 5.28. The molecule has 2 aromatic rings. The van der Waals surface area contributed by atoms with Crippen LogP contribution in [0.5, 0.6) is 0 Å². The molecule has 1 saturated heterocycles. The molecule has 0 saturated carbocycles. The van der Waals surface area contributed by atoms with Gasteiger partial charge in [0.1, 0.15) is 5.82 Å². The number of carbonyl (C=O) groups is 2. The van der Waals surface area contributed by atoms with Crippen molar-refractivity contribution in [2.45, 2.75) is 18.5 Å². The molecule has 0 aliphatic carbocycles. The van der Waals surface area contributed by atoms with Crippen molar-refractivity contribution in [3.63, 3.8) is 0 Å². The van der Waals surface area contributed by atoms with Gasteiger partial charge in [0, 0.05) is 31.0 Å². The Balaban J connectivity index is 1.77. The van der Waals surface area contributed by atoms with Gasteiger partial charge >= 0.3 is 5.97 Å². The Bertz CT molecular complexity index is 932. The summed E-state index contributed by atoms with van der Waals surface area (Å²) in [7, 11) is 0. The van der Waals surface area contributed by atoms with Crippen LogP contribution < -0.4 is 16.6 Å². The number of halogens is 1. The van der Waals surface area contributed by atoms with Gasteiger partial charge in [-0.15, -0.1) is 0 Å². The topological polar surface area (TPSA) is 131 Å². The standard InChI is InChI=1S/C17H18FN5O4/c18-12-6-11(23-4-3-20-7-15(23)24)1-2-13(12)21-17(27)14-5-10(19)8-22(14)9-16(25)26/h1-4,6-7,10,14H,5,8-9,19H2,(H,21,27)(H,25,26)/t10-,14-/m0/s1. The fraction of sp³-hybridized carbons (Fsp3) is 0.294. The normalized spacial score (nSPS) is 19.8. The first-order valence-corrected chi connectivity index (χ1v) is 8.20. The molecule has 27 heavy (non-hydrogen) atoms. The van der Waals surface area contributed by atoms with Crippen molar-refractivity contribution in [1.82, 2.24) is 14.5 Å². The molecule has 1 aliphatic heterocycles. The van der Waals surface area contributed by atoms with Crippen LogP contribution in [-0.2, 0) is 9.59 Å². The van der Waals surface area contributed by atoms with Crippen molar-refractivity contribution >= 4 is 17.6 Å². The Morgan fingerprint density at radius 3 is 2.85 bits per heavy atom. The molecule has 1 aromatic carbocycles. The van der Waals surface area contributed by atoms with E-state index >= 15 is 0 Å². The van der Waals surface area contributed by atoms with Crippen LogP contribution in [0.15, 0.2) is 41.6 Å². The molecule has 1 aliphatic rings. The third-order valence-electron chi connectivity index (χ3n) is 4.29. The molecule has 4 N–H and O–H groups in total. The summed E-state index contributed by atoms with van der Waals surface area (Å²) in [6, 6.07) is 2.86. The second-order valence-corrected chi connectivity index (χ2v) is 6.27. The fourth-order valence-electron chi connectivity index (χ4n) is 3.09. The van der Waals surface area contributed by atoms with Gasteiger partial charge in [-0.3, -0.25) is 28.8 Å². The van der Waals surface area contributed by atoms with E-state index in [2.05, 4.69) is 10.3 Å². The smallest absolute Gasteiger partial charge is 0.317 e. The van der Waals surface area contributed by atoms with Gasteiger partial charge in [0.15, 0.2) is 0 Å². The van der Waals surface area contributed by atoms with E-state index in [4.69, 9.17) is 10.8 Å². The first-order chi connectivity index (χ1) is 12.8. The number of nitrogens with two attached hydrogens (primary N) is 1. The maximum atomic E-state index is 14.4. The highest BCUT2D eigenvalue weighted by Gasteiger charge is 2.36. The summed E-state index contributed by atoms with van der Waals surface area (Å²) in [5.41, 5.74) is 5.62. The molecule has 9 nitrogen and oxygen atoms in total. The Labute approximate surface area is 153 Å². The molecule has 1 aromatic heterocycles. The summed E-state index contributed by atoms with van der Waals surface area (Å²) in [5, 5.41) is 11.4. The lowest BCUT2D eigenvalue weighted by Gasteiger charge is -2.21. The van der Waals surface area contributed by atoms with Gasteiger partial charge in [-0.1, -0.05) is 0 Å². The van der Waals surface area contributed by atoms with E-state index in [0.29, 0.717) is 0 Å². The lowest BCUT2D eigenvalue weighted by Crippen LogP contribution is -2.42. The number of rotatable bonds is 5. The van der Waals surface area contributed by atoms with Crippen molar-refractivity contribution in [3.8, 4) is 5.69 Å². The minimum Gasteiger partial charge on any atom is -0.480 e. The van der Waals surface area contributed by atoms with Crippen molar-refractivity contribution in [2.24, 2.45) is 5.73 Å². The summed E-state index contributed by atoms with van der Waals surface area (Å²) in [6.45, 7) is -0.0467. The predicted octanol–water partition coefficient (Wildman–Crippen LogP) is -0.204. The quantitative estimate of drug-likeness (QED) is 0.659. The number of aromatic nitrogens is 2. The van der Waals surface area contributed by atoms with Gasteiger partial charge in [-0.25, -0.2) is 4.39 Å². The number of carboxylic acids is 1. The molecule has 10 heteroatoms. The zero-order valence-electron chi connectivity index (χ0n) is 14.2. The first kappa shape index (κ1) is 18.7. The summed E-state index contributed by atoms with van der Waals surface area (Å²) >= 11 is 0. The highest BCUT2D eigenvalue weighted by molar-refractivity contribution is 5.95. The van der Waals surface area contributed by atoms with Crippen LogP contribution in [0.25, 0.3) is 5.69 Å². The number of carbonyl (C=O) groups excluding carboxylic acids is 1. The highest BCUT2D eigenvalue weighted by Crippen LogP contribution is 2.21. The average molecular weight is 375 g/mol. The van der Waals surface area contributed by atoms with Gasteiger partial charge < -0.3 is 16.2 Å². The van der Waals surface area contributed by atoms with Crippen LogP contribution >= 0.6 is 0 Å². The van der Waals surface area contributed by atoms with Crippen molar-refractivity contribution in [1.29, 1.82) is 0 Å². The van der Waals surface area contributed by atoms with Gasteiger partial charge in [-0.2, -0.15) is 0 Å². The molecule has 1 fully saturated rings. The maximum Gasteiger partial charge on any atom is 0.317 e. The van der Waals surface area contributed by atoms with Crippen molar-refractivity contribution in [3.05, 3.63) is 53.0 Å². The van der Waals surface area contributed by atoms with E-state index in [9.17, 15) is 18.8 Å². The van der Waals surface area contributed by atoms with Crippen LogP contribution in [0, 0.1) is 5.82 Å². The minimum absolute atomic E-state index is 0.0680. The molecule has 0 spiro atoms. The zero-order chi connectivity index (χ0) is 19.6. The number of likely N-dealkylation sites (tertiary alicyclic amines) is 1. The zero-order valence-corrected chi connectivity index (χ0v) is 14.2. The minimum atomic E-state index is -1.07. The van der Waals surface area contributed by atoms with Crippen molar-refractivity contribution < 1.29 is 19.1 Å². The van der Waals surface area contributed by atoms with E-state index in [1.54, 1.807) is 0 Å². The summed E-state index contributed by atoms with van der Waals surface area (Å²) in [4.78, 5) is 40.3. The van der Waals surface area contributed by atoms with Gasteiger partial charge in [0.25, 0.3) is 5.56 Å². The molecule has 142 valence electrons. The van der Waals surface area contributed by atoms with Crippen LogP contribution in [0.3, 0.4) is 0 Å². The van der Waals surface area contributed by atoms with Crippen LogP contribution in [-0.4, -0.2) is 56.6 Å². The third kappa shape index (κ3) is 4.18. The number of carboxylic acid groups (broad SMARTS) is 1. The van der Waals surface area contributed by atoms with Crippen LogP contribution in [0.4, 0.5) is 10.1 Å². The van der Waals surface area contributed by atoms with Gasteiger partial charge in [-0.05, 0) is 18.6 Å². The second-order valence-electron chi connectivity index (χ2n) is 6.27. The highest BCUT2D eigenvalue weighted by atomic mass is 19.1. The summed E-state index contributed by atoms with van der Waals surface area (Å²) < 4.78 is 15.6. The number of anilines is 1. The third-order valence-corrected chi connectivity index (χ3v) is 4.29. The Morgan fingerprint density at radius 1 is 1.41 bits per heavy atom. The average Bonchev–Trinajstić information content (AvgIpc) is 2.97. The molecule has 0 unspecified atom stereocenters. The maximum absolute atomic E-state index is 14.4. The van der Waals surface area contributed by atoms with E-state index in [1.165, 1.54) is 34.0 Å². The van der Waals surface area contributed by atoms with Crippen LogP contribution in [0.2, 0.25) is 0 Å². The molecular formula is C17H18FN5O4. The SMILES string of the molecule is N[C@H]1C[C@@H](C(=O)Nc2ccc(-n3ccncc3=O)cc2F)N(CC(=O)O)C1. The number of benzene rings is 1. The number of hydrogen-bond acceptors (Lipinski definition) is 6. The van der Waals surface area contributed by atoms with E-state index < -0.39 is 29.3 Å². The van der Waals surface area contributed by atoms with Gasteiger partial charge in [0.05, 0.1) is 30.2 Å². The molecule has 1 amide bonds. The molecular weight excluding hydrogens is 357 g/mol. The van der Waals surface area contributed by atoms with Crippen LogP contribution in [0.1, 0.15) is 6.42 Å². The molecule has 0 radical (unpaired) electrons. The number of hydrogen-bond donors (Lipinski definition) is 3. The number of amides is 1. The molecule has 0 bridgehead atoms. The first-order valence-electron chi connectivity index (χ1n) is 8.20. The number of nitrogens with one attached hydrogen (secondary N) is 1. The monoisotopic (exact) mass is 375 g/mol.